The molecule has 4 rings (SSSR count). The average molecular weight is 351 g/mol. The maximum atomic E-state index is 6.30. The van der Waals surface area contributed by atoms with Crippen molar-refractivity contribution in [1.29, 1.82) is 0 Å². The first-order chi connectivity index (χ1) is 12.8. The summed E-state index contributed by atoms with van der Waals surface area (Å²) >= 11 is 0. The lowest BCUT2D eigenvalue weighted by Gasteiger charge is -2.39. The minimum atomic E-state index is 0.0102. The van der Waals surface area contributed by atoms with Gasteiger partial charge in [-0.2, -0.15) is 0 Å². The Hall–Kier alpha value is -1.68. The van der Waals surface area contributed by atoms with Crippen LogP contribution in [0.1, 0.15) is 30.4 Å². The molecule has 0 aromatic heterocycles. The van der Waals surface area contributed by atoms with E-state index < -0.39 is 0 Å². The predicted molar refractivity (Wildman–Crippen MR) is 104 cm³/mol. The fourth-order valence-corrected chi connectivity index (χ4v) is 4.30. The van der Waals surface area contributed by atoms with E-state index in [0.29, 0.717) is 6.61 Å². The number of hydrogen-bond acceptors (Lipinski definition) is 3. The van der Waals surface area contributed by atoms with Gasteiger partial charge in [-0.15, -0.1) is 0 Å². The van der Waals surface area contributed by atoms with Crippen LogP contribution in [-0.4, -0.2) is 42.8 Å². The van der Waals surface area contributed by atoms with Crippen LogP contribution in [0.25, 0.3) is 0 Å². The molecular weight excluding hydrogens is 322 g/mol. The van der Waals surface area contributed by atoms with Crippen LogP contribution in [0.15, 0.2) is 60.7 Å². The average Bonchev–Trinajstić information content (AvgIpc) is 3.08. The van der Waals surface area contributed by atoms with Gasteiger partial charge in [0.25, 0.3) is 0 Å². The molecule has 138 valence electrons. The summed E-state index contributed by atoms with van der Waals surface area (Å²) in [6, 6.07) is 21.2. The molecule has 0 N–H and O–H groups in total. The minimum Gasteiger partial charge on any atom is -0.371 e. The van der Waals surface area contributed by atoms with Gasteiger partial charge in [-0.05, 0) is 36.9 Å². The number of piperidine rings is 1. The summed E-state index contributed by atoms with van der Waals surface area (Å²) in [6.45, 7) is 4.77. The van der Waals surface area contributed by atoms with Crippen LogP contribution in [-0.2, 0) is 22.5 Å². The number of likely N-dealkylation sites (tertiary alicyclic amines) is 1. The van der Waals surface area contributed by atoms with Crippen molar-refractivity contribution >= 4 is 0 Å². The Labute approximate surface area is 156 Å². The third kappa shape index (κ3) is 4.53. The molecule has 0 aliphatic carbocycles. The molecule has 2 aromatic rings. The van der Waals surface area contributed by atoms with Crippen LogP contribution < -0.4 is 0 Å². The smallest absolute Gasteiger partial charge is 0.0841 e. The summed E-state index contributed by atoms with van der Waals surface area (Å²) in [7, 11) is 0. The molecule has 2 aromatic carbocycles. The molecule has 2 aliphatic rings. The van der Waals surface area contributed by atoms with Gasteiger partial charge in [0.2, 0.25) is 0 Å². The van der Waals surface area contributed by atoms with Crippen molar-refractivity contribution in [2.24, 2.45) is 0 Å². The minimum absolute atomic E-state index is 0.0102. The van der Waals surface area contributed by atoms with Crippen LogP contribution in [0, 0.1) is 0 Å². The quantitative estimate of drug-likeness (QED) is 0.783. The number of hydrogen-bond donors (Lipinski definition) is 0. The molecule has 3 nitrogen and oxygen atoms in total. The normalized spacial score (nSPS) is 26.4. The fraction of sp³-hybridized carbons (Fsp3) is 0.478. The zero-order valence-electron chi connectivity index (χ0n) is 15.5. The second-order valence-electron chi connectivity index (χ2n) is 7.73. The lowest BCUT2D eigenvalue weighted by Crippen LogP contribution is -2.48. The Kier molecular flexibility index (Phi) is 5.68. The number of ether oxygens (including phenoxy) is 2. The molecule has 0 saturated carbocycles. The third-order valence-corrected chi connectivity index (χ3v) is 5.68. The van der Waals surface area contributed by atoms with Gasteiger partial charge in [-0.25, -0.2) is 0 Å². The van der Waals surface area contributed by atoms with Crippen molar-refractivity contribution in [3.63, 3.8) is 0 Å². The summed E-state index contributed by atoms with van der Waals surface area (Å²) in [6.07, 6.45) is 4.76. The van der Waals surface area contributed by atoms with E-state index in [1.165, 1.54) is 30.5 Å². The summed E-state index contributed by atoms with van der Waals surface area (Å²) < 4.78 is 12.4. The standard InChI is InChI=1S/C23H29NO2/c1-3-8-20(9-4-1)12-15-24-14-7-13-23(19-24)16-22(18-26-23)25-17-21-10-5-2-6-11-21/h1-6,8-11,22H,7,12-19H2. The topological polar surface area (TPSA) is 21.7 Å². The molecule has 2 heterocycles. The Balaban J connectivity index is 1.27. The highest BCUT2D eigenvalue weighted by molar-refractivity contribution is 5.15. The van der Waals surface area contributed by atoms with E-state index in [0.717, 1.165) is 32.5 Å². The van der Waals surface area contributed by atoms with Crippen LogP contribution in [0.2, 0.25) is 0 Å². The van der Waals surface area contributed by atoms with Crippen molar-refractivity contribution in [2.75, 3.05) is 26.2 Å². The summed E-state index contributed by atoms with van der Waals surface area (Å²) in [4.78, 5) is 2.58. The van der Waals surface area contributed by atoms with Gasteiger partial charge in [0.15, 0.2) is 0 Å². The molecule has 0 bridgehead atoms. The van der Waals surface area contributed by atoms with Crippen molar-refractivity contribution < 1.29 is 9.47 Å². The molecule has 1 spiro atoms. The van der Waals surface area contributed by atoms with E-state index in [9.17, 15) is 0 Å². The van der Waals surface area contributed by atoms with Crippen molar-refractivity contribution in [3.8, 4) is 0 Å². The Morgan fingerprint density at radius 1 is 1.00 bits per heavy atom. The first kappa shape index (κ1) is 17.7. The van der Waals surface area contributed by atoms with Gasteiger partial charge in [0.1, 0.15) is 0 Å². The van der Waals surface area contributed by atoms with Crippen molar-refractivity contribution in [2.45, 2.75) is 44.0 Å². The fourth-order valence-electron chi connectivity index (χ4n) is 4.30. The highest BCUT2D eigenvalue weighted by atomic mass is 16.6. The maximum Gasteiger partial charge on any atom is 0.0841 e. The Bertz CT molecular complexity index is 675. The summed E-state index contributed by atoms with van der Waals surface area (Å²) in [5.74, 6) is 0. The van der Waals surface area contributed by atoms with Gasteiger partial charge >= 0.3 is 0 Å². The maximum absolute atomic E-state index is 6.30. The third-order valence-electron chi connectivity index (χ3n) is 5.68. The molecule has 0 amide bonds. The number of nitrogens with zero attached hydrogens (tertiary/aromatic N) is 1. The lowest BCUT2D eigenvalue weighted by molar-refractivity contribution is -0.0526. The molecule has 2 atom stereocenters. The van der Waals surface area contributed by atoms with Crippen LogP contribution in [0.3, 0.4) is 0 Å². The Morgan fingerprint density at radius 2 is 1.73 bits per heavy atom. The highest BCUT2D eigenvalue weighted by Gasteiger charge is 2.43. The van der Waals surface area contributed by atoms with Crippen LogP contribution >= 0.6 is 0 Å². The van der Waals surface area contributed by atoms with E-state index in [-0.39, 0.29) is 11.7 Å². The zero-order valence-corrected chi connectivity index (χ0v) is 15.5. The number of benzene rings is 2. The molecule has 3 heteroatoms. The highest BCUT2D eigenvalue weighted by Crippen LogP contribution is 2.36. The van der Waals surface area contributed by atoms with Gasteiger partial charge < -0.3 is 14.4 Å². The largest absolute Gasteiger partial charge is 0.371 e. The first-order valence-electron chi connectivity index (χ1n) is 9.87. The van der Waals surface area contributed by atoms with E-state index in [1.54, 1.807) is 0 Å². The molecule has 0 radical (unpaired) electrons. The zero-order chi connectivity index (χ0) is 17.7. The molecule has 2 fully saturated rings. The van der Waals surface area contributed by atoms with E-state index in [2.05, 4.69) is 59.5 Å². The molecular formula is C23H29NO2. The van der Waals surface area contributed by atoms with Gasteiger partial charge in [-0.3, -0.25) is 0 Å². The summed E-state index contributed by atoms with van der Waals surface area (Å²) in [5, 5.41) is 0. The molecule has 26 heavy (non-hydrogen) atoms. The van der Waals surface area contributed by atoms with Crippen molar-refractivity contribution in [1.82, 2.24) is 4.90 Å². The second-order valence-corrected chi connectivity index (χ2v) is 7.73. The van der Waals surface area contributed by atoms with Gasteiger partial charge in [-0.1, -0.05) is 60.7 Å². The van der Waals surface area contributed by atoms with E-state index in [4.69, 9.17) is 9.47 Å². The summed E-state index contributed by atoms with van der Waals surface area (Å²) in [5.41, 5.74) is 2.67. The first-order valence-corrected chi connectivity index (χ1v) is 9.87. The SMILES string of the molecule is c1ccc(CCN2CCCC3(CC(OCc4ccccc4)CO3)C2)cc1. The molecule has 2 aliphatic heterocycles. The molecule has 2 saturated heterocycles. The second kappa shape index (κ2) is 8.34. The monoisotopic (exact) mass is 351 g/mol. The lowest BCUT2D eigenvalue weighted by atomic mass is 9.89. The van der Waals surface area contributed by atoms with E-state index >= 15 is 0 Å². The Morgan fingerprint density at radius 3 is 2.50 bits per heavy atom. The van der Waals surface area contributed by atoms with Crippen LogP contribution in [0.5, 0.6) is 0 Å². The van der Waals surface area contributed by atoms with Crippen LogP contribution in [0.4, 0.5) is 0 Å². The van der Waals surface area contributed by atoms with Gasteiger partial charge in [0.05, 0.1) is 24.9 Å². The van der Waals surface area contributed by atoms with Crippen molar-refractivity contribution in [3.05, 3.63) is 71.8 Å². The number of rotatable bonds is 6. The molecule has 2 unspecified atom stereocenters. The predicted octanol–water partition coefficient (Wildman–Crippen LogP) is 4.07. The van der Waals surface area contributed by atoms with E-state index in [1.807, 2.05) is 6.07 Å². The van der Waals surface area contributed by atoms with Gasteiger partial charge in [0, 0.05) is 19.5 Å².